The molecule has 0 saturated carbocycles. The average Bonchev–Trinajstić information content (AvgIpc) is 2.44. The van der Waals surface area contributed by atoms with E-state index < -0.39 is 24.4 Å². The molecule has 1 aromatic rings. The van der Waals surface area contributed by atoms with Crippen LogP contribution in [0.2, 0.25) is 0 Å². The molecule has 0 saturated heterocycles. The molecular formula is C16H23NO5. The summed E-state index contributed by atoms with van der Waals surface area (Å²) in [6, 6.07) is 9.33. The Morgan fingerprint density at radius 1 is 1.14 bits per heavy atom. The number of nitrogens with one attached hydrogen (secondary N) is 1. The quantitative estimate of drug-likeness (QED) is 0.619. The average molecular weight is 309 g/mol. The molecule has 0 fully saturated rings. The maximum absolute atomic E-state index is 11.8. The van der Waals surface area contributed by atoms with Crippen molar-refractivity contribution in [2.75, 3.05) is 0 Å². The fourth-order valence-corrected chi connectivity index (χ4v) is 1.76. The van der Waals surface area contributed by atoms with Crippen molar-refractivity contribution >= 4 is 12.1 Å². The molecule has 0 spiro atoms. The predicted octanol–water partition coefficient (Wildman–Crippen LogP) is 2.62. The van der Waals surface area contributed by atoms with E-state index >= 15 is 0 Å². The molecule has 2 atom stereocenters. The SMILES string of the molecule is CC(=O)OC(C)C(NC(=O)OCc1ccccc1)OC(C)C. The van der Waals surface area contributed by atoms with Gasteiger partial charge in [-0.25, -0.2) is 4.79 Å². The monoisotopic (exact) mass is 309 g/mol. The molecule has 0 heterocycles. The molecule has 1 rings (SSSR count). The Morgan fingerprint density at radius 2 is 1.77 bits per heavy atom. The fraction of sp³-hybridized carbons (Fsp3) is 0.500. The lowest BCUT2D eigenvalue weighted by Crippen LogP contribution is -2.47. The first-order chi connectivity index (χ1) is 10.4. The zero-order chi connectivity index (χ0) is 16.5. The van der Waals surface area contributed by atoms with E-state index in [1.54, 1.807) is 6.92 Å². The Balaban J connectivity index is 2.52. The van der Waals surface area contributed by atoms with Gasteiger partial charge < -0.3 is 14.2 Å². The number of carbonyl (C=O) groups is 2. The van der Waals surface area contributed by atoms with Crippen molar-refractivity contribution in [3.8, 4) is 0 Å². The molecule has 0 bridgehead atoms. The van der Waals surface area contributed by atoms with Crippen LogP contribution in [-0.2, 0) is 25.6 Å². The van der Waals surface area contributed by atoms with E-state index in [9.17, 15) is 9.59 Å². The largest absolute Gasteiger partial charge is 0.458 e. The van der Waals surface area contributed by atoms with Crippen molar-refractivity contribution in [2.24, 2.45) is 0 Å². The standard InChI is InChI=1S/C16H23NO5/c1-11(2)21-15(12(3)22-13(4)18)17-16(19)20-10-14-8-6-5-7-9-14/h5-9,11-12,15H,10H2,1-4H3,(H,17,19). The van der Waals surface area contributed by atoms with E-state index in [4.69, 9.17) is 14.2 Å². The summed E-state index contributed by atoms with van der Waals surface area (Å²) in [5.74, 6) is -0.440. The molecule has 0 aliphatic rings. The lowest BCUT2D eigenvalue weighted by molar-refractivity contribution is -0.157. The van der Waals surface area contributed by atoms with Crippen LogP contribution in [0.5, 0.6) is 0 Å². The van der Waals surface area contributed by atoms with Gasteiger partial charge in [-0.15, -0.1) is 0 Å². The van der Waals surface area contributed by atoms with Gasteiger partial charge in [-0.2, -0.15) is 0 Å². The molecule has 1 N–H and O–H groups in total. The van der Waals surface area contributed by atoms with E-state index in [0.29, 0.717) is 0 Å². The summed E-state index contributed by atoms with van der Waals surface area (Å²) < 4.78 is 15.7. The number of alkyl carbamates (subject to hydrolysis) is 1. The second kappa shape index (κ2) is 9.04. The van der Waals surface area contributed by atoms with Crippen LogP contribution in [0.25, 0.3) is 0 Å². The van der Waals surface area contributed by atoms with Gasteiger partial charge in [0.25, 0.3) is 0 Å². The molecule has 0 aliphatic carbocycles. The highest BCUT2D eigenvalue weighted by molar-refractivity contribution is 5.68. The summed E-state index contributed by atoms with van der Waals surface area (Å²) in [6.07, 6.45) is -2.16. The van der Waals surface area contributed by atoms with Crippen LogP contribution in [0.1, 0.15) is 33.3 Å². The van der Waals surface area contributed by atoms with Crippen LogP contribution in [0.4, 0.5) is 4.79 Å². The molecule has 22 heavy (non-hydrogen) atoms. The molecule has 6 nitrogen and oxygen atoms in total. The van der Waals surface area contributed by atoms with Gasteiger partial charge in [0.05, 0.1) is 6.10 Å². The van der Waals surface area contributed by atoms with Gasteiger partial charge in [-0.1, -0.05) is 30.3 Å². The topological polar surface area (TPSA) is 73.9 Å². The fourth-order valence-electron chi connectivity index (χ4n) is 1.76. The van der Waals surface area contributed by atoms with E-state index in [-0.39, 0.29) is 12.7 Å². The summed E-state index contributed by atoms with van der Waals surface area (Å²) in [7, 11) is 0. The zero-order valence-corrected chi connectivity index (χ0v) is 13.4. The first-order valence-corrected chi connectivity index (χ1v) is 7.18. The molecule has 122 valence electrons. The summed E-state index contributed by atoms with van der Waals surface area (Å²) in [5, 5.41) is 2.56. The number of carbonyl (C=O) groups excluding carboxylic acids is 2. The molecule has 0 aliphatic heterocycles. The highest BCUT2D eigenvalue weighted by atomic mass is 16.6. The molecule has 1 aromatic carbocycles. The lowest BCUT2D eigenvalue weighted by Gasteiger charge is -2.26. The van der Waals surface area contributed by atoms with E-state index in [1.807, 2.05) is 44.2 Å². The highest BCUT2D eigenvalue weighted by Crippen LogP contribution is 2.06. The van der Waals surface area contributed by atoms with E-state index in [0.717, 1.165) is 5.56 Å². The smallest absolute Gasteiger partial charge is 0.409 e. The Bertz CT molecular complexity index is 475. The normalized spacial score (nSPS) is 13.3. The van der Waals surface area contributed by atoms with Gasteiger partial charge in [0, 0.05) is 6.92 Å². The number of hydrogen-bond acceptors (Lipinski definition) is 5. The molecule has 0 radical (unpaired) electrons. The molecule has 0 aromatic heterocycles. The zero-order valence-electron chi connectivity index (χ0n) is 13.4. The van der Waals surface area contributed by atoms with Gasteiger partial charge in [0.15, 0.2) is 6.23 Å². The van der Waals surface area contributed by atoms with Crippen molar-refractivity contribution in [1.29, 1.82) is 0 Å². The number of esters is 1. The highest BCUT2D eigenvalue weighted by Gasteiger charge is 2.24. The molecule has 6 heteroatoms. The third-order valence-corrected chi connectivity index (χ3v) is 2.67. The van der Waals surface area contributed by atoms with Gasteiger partial charge in [-0.05, 0) is 26.3 Å². The molecule has 1 amide bonds. The number of hydrogen-bond donors (Lipinski definition) is 1. The van der Waals surface area contributed by atoms with Gasteiger partial charge in [-0.3, -0.25) is 10.1 Å². The minimum Gasteiger partial charge on any atom is -0.458 e. The minimum absolute atomic E-state index is 0.141. The number of benzene rings is 1. The number of ether oxygens (including phenoxy) is 3. The lowest BCUT2D eigenvalue weighted by atomic mass is 10.2. The summed E-state index contributed by atoms with van der Waals surface area (Å²) in [4.78, 5) is 22.9. The molecular weight excluding hydrogens is 286 g/mol. The van der Waals surface area contributed by atoms with Crippen molar-refractivity contribution in [3.63, 3.8) is 0 Å². The van der Waals surface area contributed by atoms with E-state index in [1.165, 1.54) is 6.92 Å². The third-order valence-electron chi connectivity index (χ3n) is 2.67. The minimum atomic E-state index is -0.771. The first-order valence-electron chi connectivity index (χ1n) is 7.18. The third kappa shape index (κ3) is 7.08. The van der Waals surface area contributed by atoms with Crippen LogP contribution in [-0.4, -0.2) is 30.5 Å². The van der Waals surface area contributed by atoms with Crippen LogP contribution in [0.3, 0.4) is 0 Å². The van der Waals surface area contributed by atoms with E-state index in [2.05, 4.69) is 5.32 Å². The number of amides is 1. The second-order valence-corrected chi connectivity index (χ2v) is 5.13. The van der Waals surface area contributed by atoms with Crippen LogP contribution in [0, 0.1) is 0 Å². The van der Waals surface area contributed by atoms with Crippen LogP contribution in [0.15, 0.2) is 30.3 Å². The Labute approximate surface area is 130 Å². The number of rotatable bonds is 7. The second-order valence-electron chi connectivity index (χ2n) is 5.13. The maximum atomic E-state index is 11.8. The molecule has 2 unspecified atom stereocenters. The Morgan fingerprint density at radius 3 is 2.32 bits per heavy atom. The van der Waals surface area contributed by atoms with Crippen molar-refractivity contribution in [1.82, 2.24) is 5.32 Å². The Kier molecular flexibility index (Phi) is 7.39. The summed E-state index contributed by atoms with van der Waals surface area (Å²) in [5.41, 5.74) is 0.881. The summed E-state index contributed by atoms with van der Waals surface area (Å²) >= 11 is 0. The van der Waals surface area contributed by atoms with Crippen molar-refractivity contribution in [3.05, 3.63) is 35.9 Å². The maximum Gasteiger partial charge on any atom is 0.409 e. The van der Waals surface area contributed by atoms with Gasteiger partial charge >= 0.3 is 12.1 Å². The van der Waals surface area contributed by atoms with Crippen LogP contribution >= 0.6 is 0 Å². The first kappa shape index (κ1) is 18.0. The van der Waals surface area contributed by atoms with Crippen molar-refractivity contribution in [2.45, 2.75) is 52.7 Å². The van der Waals surface area contributed by atoms with Gasteiger partial charge in [0.2, 0.25) is 0 Å². The Hall–Kier alpha value is -2.08. The van der Waals surface area contributed by atoms with Crippen LogP contribution < -0.4 is 5.32 Å². The van der Waals surface area contributed by atoms with Gasteiger partial charge in [0.1, 0.15) is 12.7 Å². The summed E-state index contributed by atoms with van der Waals surface area (Å²) in [6.45, 7) is 6.75. The van der Waals surface area contributed by atoms with Crippen molar-refractivity contribution < 1.29 is 23.8 Å². The predicted molar refractivity (Wildman–Crippen MR) is 81.0 cm³/mol.